The van der Waals surface area contributed by atoms with E-state index >= 15 is 0 Å². The summed E-state index contributed by atoms with van der Waals surface area (Å²) in [5, 5.41) is 3.55. The van der Waals surface area contributed by atoms with Crippen molar-refractivity contribution in [3.8, 4) is 0 Å². The van der Waals surface area contributed by atoms with Gasteiger partial charge in [0.25, 0.3) is 0 Å². The van der Waals surface area contributed by atoms with Crippen molar-refractivity contribution >= 4 is 0 Å². The quantitative estimate of drug-likeness (QED) is 0.688. The molecule has 13 heavy (non-hydrogen) atoms. The van der Waals surface area contributed by atoms with E-state index in [2.05, 4.69) is 33.0 Å². The highest BCUT2D eigenvalue weighted by atomic mass is 15.0. The summed E-state index contributed by atoms with van der Waals surface area (Å²) < 4.78 is 0. The van der Waals surface area contributed by atoms with Crippen molar-refractivity contribution in [1.82, 2.24) is 5.32 Å². The summed E-state index contributed by atoms with van der Waals surface area (Å²) in [6.45, 7) is 9.98. The van der Waals surface area contributed by atoms with Crippen LogP contribution in [-0.4, -0.2) is 18.1 Å². The van der Waals surface area contributed by atoms with E-state index in [0.717, 1.165) is 6.54 Å². The molecule has 78 valence electrons. The second-order valence-corrected chi connectivity index (χ2v) is 5.76. The van der Waals surface area contributed by atoms with Crippen LogP contribution in [0.1, 0.15) is 47.0 Å². The Hall–Kier alpha value is -0.0800. The molecule has 2 heteroatoms. The van der Waals surface area contributed by atoms with E-state index in [1.54, 1.807) is 0 Å². The Balaban J connectivity index is 2.43. The predicted molar refractivity (Wildman–Crippen MR) is 57.7 cm³/mol. The van der Waals surface area contributed by atoms with Crippen molar-refractivity contribution in [1.29, 1.82) is 0 Å². The van der Waals surface area contributed by atoms with Gasteiger partial charge in [0.15, 0.2) is 0 Å². The number of rotatable bonds is 2. The van der Waals surface area contributed by atoms with Crippen LogP contribution in [0.5, 0.6) is 0 Å². The van der Waals surface area contributed by atoms with Crippen LogP contribution in [0.3, 0.4) is 0 Å². The summed E-state index contributed by atoms with van der Waals surface area (Å²) in [4.78, 5) is 0. The molecule has 0 aromatic heterocycles. The van der Waals surface area contributed by atoms with Gasteiger partial charge in [0, 0.05) is 18.1 Å². The fourth-order valence-corrected chi connectivity index (χ4v) is 1.95. The van der Waals surface area contributed by atoms with E-state index in [1.165, 1.54) is 19.3 Å². The SMILES string of the molecule is CC(C)(C)NCC1(C)CCCC1N. The lowest BCUT2D eigenvalue weighted by Crippen LogP contribution is -2.48. The molecule has 1 aliphatic carbocycles. The molecular formula is C11H24N2. The van der Waals surface area contributed by atoms with Crippen LogP contribution in [0, 0.1) is 5.41 Å². The molecule has 1 fully saturated rings. The Kier molecular flexibility index (Phi) is 3.03. The highest BCUT2D eigenvalue weighted by molar-refractivity contribution is 4.94. The predicted octanol–water partition coefficient (Wildman–Crippen LogP) is 1.89. The smallest absolute Gasteiger partial charge is 0.0105 e. The second-order valence-electron chi connectivity index (χ2n) is 5.76. The number of hydrogen-bond acceptors (Lipinski definition) is 2. The minimum absolute atomic E-state index is 0.214. The summed E-state index contributed by atoms with van der Waals surface area (Å²) in [5.74, 6) is 0. The molecule has 0 heterocycles. The molecule has 2 nitrogen and oxygen atoms in total. The molecule has 1 saturated carbocycles. The highest BCUT2D eigenvalue weighted by Gasteiger charge is 2.36. The Morgan fingerprint density at radius 2 is 2.08 bits per heavy atom. The molecule has 1 rings (SSSR count). The molecule has 0 radical (unpaired) electrons. The standard InChI is InChI=1S/C11H24N2/c1-10(2,3)13-8-11(4)7-5-6-9(11)12/h9,13H,5-8,12H2,1-4H3. The summed E-state index contributed by atoms with van der Waals surface area (Å²) in [6.07, 6.45) is 3.77. The molecule has 3 N–H and O–H groups in total. The monoisotopic (exact) mass is 184 g/mol. The Morgan fingerprint density at radius 1 is 1.46 bits per heavy atom. The molecule has 0 bridgehead atoms. The van der Waals surface area contributed by atoms with Crippen molar-refractivity contribution < 1.29 is 0 Å². The number of hydrogen-bond donors (Lipinski definition) is 2. The molecule has 1 aliphatic rings. The van der Waals surface area contributed by atoms with Gasteiger partial charge in [-0.2, -0.15) is 0 Å². The average molecular weight is 184 g/mol. The van der Waals surface area contributed by atoms with Gasteiger partial charge in [-0.05, 0) is 39.0 Å². The number of nitrogens with two attached hydrogens (primary N) is 1. The second kappa shape index (κ2) is 3.58. The molecule has 0 aromatic carbocycles. The summed E-state index contributed by atoms with van der Waals surface area (Å²) in [7, 11) is 0. The van der Waals surface area contributed by atoms with Gasteiger partial charge in [-0.15, -0.1) is 0 Å². The number of nitrogens with one attached hydrogen (secondary N) is 1. The van der Waals surface area contributed by atoms with Gasteiger partial charge < -0.3 is 11.1 Å². The topological polar surface area (TPSA) is 38.0 Å². The third-order valence-electron chi connectivity index (χ3n) is 3.18. The normalized spacial score (nSPS) is 35.3. The van der Waals surface area contributed by atoms with Crippen LogP contribution in [0.15, 0.2) is 0 Å². The Morgan fingerprint density at radius 3 is 2.46 bits per heavy atom. The fourth-order valence-electron chi connectivity index (χ4n) is 1.95. The highest BCUT2D eigenvalue weighted by Crippen LogP contribution is 2.36. The van der Waals surface area contributed by atoms with Crippen LogP contribution >= 0.6 is 0 Å². The maximum absolute atomic E-state index is 6.10. The lowest BCUT2D eigenvalue weighted by Gasteiger charge is -2.33. The zero-order valence-electron chi connectivity index (χ0n) is 9.48. The first-order valence-corrected chi connectivity index (χ1v) is 5.34. The minimum Gasteiger partial charge on any atom is -0.327 e. The molecule has 2 atom stereocenters. The van der Waals surface area contributed by atoms with E-state index in [1.807, 2.05) is 0 Å². The van der Waals surface area contributed by atoms with Crippen LogP contribution in [0.25, 0.3) is 0 Å². The molecule has 0 spiro atoms. The minimum atomic E-state index is 0.214. The van der Waals surface area contributed by atoms with Gasteiger partial charge in [0.1, 0.15) is 0 Å². The summed E-state index contributed by atoms with van der Waals surface area (Å²) in [5.41, 5.74) is 6.64. The van der Waals surface area contributed by atoms with Crippen molar-refractivity contribution in [2.24, 2.45) is 11.1 Å². The molecule has 0 saturated heterocycles. The van der Waals surface area contributed by atoms with Crippen molar-refractivity contribution in [3.05, 3.63) is 0 Å². The van der Waals surface area contributed by atoms with Gasteiger partial charge >= 0.3 is 0 Å². The first-order chi connectivity index (χ1) is 5.83. The fraction of sp³-hybridized carbons (Fsp3) is 1.00. The van der Waals surface area contributed by atoms with Gasteiger partial charge in [-0.1, -0.05) is 13.3 Å². The average Bonchev–Trinajstić information content (AvgIpc) is 2.29. The first kappa shape index (κ1) is 11.0. The summed E-state index contributed by atoms with van der Waals surface area (Å²) >= 11 is 0. The lowest BCUT2D eigenvalue weighted by molar-refractivity contribution is 0.246. The zero-order chi connectivity index (χ0) is 10.1. The maximum atomic E-state index is 6.10. The van der Waals surface area contributed by atoms with Crippen LogP contribution in [-0.2, 0) is 0 Å². The van der Waals surface area contributed by atoms with Gasteiger partial charge in [0.05, 0.1) is 0 Å². The van der Waals surface area contributed by atoms with Gasteiger partial charge in [0.2, 0.25) is 0 Å². The van der Waals surface area contributed by atoms with Crippen molar-refractivity contribution in [2.75, 3.05) is 6.54 Å². The summed E-state index contributed by atoms with van der Waals surface area (Å²) in [6, 6.07) is 0.391. The van der Waals surface area contributed by atoms with Crippen LogP contribution in [0.4, 0.5) is 0 Å². The van der Waals surface area contributed by atoms with Crippen LogP contribution in [0.2, 0.25) is 0 Å². The largest absolute Gasteiger partial charge is 0.327 e. The van der Waals surface area contributed by atoms with E-state index < -0.39 is 0 Å². The van der Waals surface area contributed by atoms with Crippen LogP contribution < -0.4 is 11.1 Å². The maximum Gasteiger partial charge on any atom is 0.0105 e. The van der Waals surface area contributed by atoms with E-state index in [0.29, 0.717) is 11.5 Å². The lowest BCUT2D eigenvalue weighted by atomic mass is 9.84. The van der Waals surface area contributed by atoms with Crippen molar-refractivity contribution in [2.45, 2.75) is 58.5 Å². The molecule has 0 aromatic rings. The Bertz CT molecular complexity index is 171. The molecule has 2 unspecified atom stereocenters. The van der Waals surface area contributed by atoms with E-state index in [-0.39, 0.29) is 5.54 Å². The van der Waals surface area contributed by atoms with Gasteiger partial charge in [-0.25, -0.2) is 0 Å². The first-order valence-electron chi connectivity index (χ1n) is 5.34. The third kappa shape index (κ3) is 2.96. The van der Waals surface area contributed by atoms with E-state index in [4.69, 9.17) is 5.73 Å². The zero-order valence-corrected chi connectivity index (χ0v) is 9.48. The third-order valence-corrected chi connectivity index (χ3v) is 3.18. The molecule has 0 aliphatic heterocycles. The molecule has 0 amide bonds. The van der Waals surface area contributed by atoms with Gasteiger partial charge in [-0.3, -0.25) is 0 Å². The van der Waals surface area contributed by atoms with E-state index in [9.17, 15) is 0 Å². The molecular weight excluding hydrogens is 160 g/mol. The Labute approximate surface area is 82.3 Å². The van der Waals surface area contributed by atoms with Crippen molar-refractivity contribution in [3.63, 3.8) is 0 Å².